The molecule has 1 heterocycles. The predicted octanol–water partition coefficient (Wildman–Crippen LogP) is 3.09. The molecule has 0 saturated heterocycles. The summed E-state index contributed by atoms with van der Waals surface area (Å²) >= 11 is 5.56. The fourth-order valence-electron chi connectivity index (χ4n) is 3.09. The van der Waals surface area contributed by atoms with Crippen molar-refractivity contribution in [2.24, 2.45) is 0 Å². The molecule has 1 fully saturated rings. The third-order valence-corrected chi connectivity index (χ3v) is 4.72. The van der Waals surface area contributed by atoms with Gasteiger partial charge in [0.1, 0.15) is 12.4 Å². The highest BCUT2D eigenvalue weighted by molar-refractivity contribution is 7.80. The number of nitrogens with zero attached hydrogens (tertiary/aromatic N) is 1. The number of rotatable bonds is 6. The Balaban J connectivity index is 2.00. The Morgan fingerprint density at radius 3 is 2.88 bits per heavy atom. The molecule has 0 aromatic heterocycles. The molecule has 0 spiro atoms. The van der Waals surface area contributed by atoms with Crippen LogP contribution in [-0.2, 0) is 9.53 Å². The molecule has 1 aromatic rings. The van der Waals surface area contributed by atoms with E-state index < -0.39 is 0 Å². The highest BCUT2D eigenvalue weighted by atomic mass is 32.1. The van der Waals surface area contributed by atoms with Crippen LogP contribution in [0.1, 0.15) is 31.4 Å². The number of carbonyl (C=O) groups is 1. The summed E-state index contributed by atoms with van der Waals surface area (Å²) in [5.74, 6) is 0.372. The number of allylic oxidation sites excluding steroid dienone is 1. The lowest BCUT2D eigenvalue weighted by Crippen LogP contribution is -2.48. The number of hydrogen-bond acceptors (Lipinski definition) is 4. The number of hydrogen-bond donors (Lipinski definition) is 1. The van der Waals surface area contributed by atoms with E-state index in [1.807, 2.05) is 36.1 Å². The lowest BCUT2D eigenvalue weighted by molar-refractivity contribution is -0.136. The first-order valence-electron chi connectivity index (χ1n) is 8.29. The molecule has 1 atom stereocenters. The Kier molecular flexibility index (Phi) is 5.08. The average molecular weight is 358 g/mol. The summed E-state index contributed by atoms with van der Waals surface area (Å²) in [5, 5.41) is 3.95. The maximum Gasteiger partial charge on any atom is 0.337 e. The van der Waals surface area contributed by atoms with Gasteiger partial charge < -0.3 is 19.7 Å². The number of esters is 1. The van der Waals surface area contributed by atoms with Crippen LogP contribution in [0.15, 0.2) is 48.2 Å². The first-order chi connectivity index (χ1) is 12.1. The Hall–Kier alpha value is -2.34. The molecule has 0 radical (unpaired) electrons. The van der Waals surface area contributed by atoms with E-state index in [0.717, 1.165) is 29.9 Å². The molecule has 0 amide bonds. The largest absolute Gasteiger partial charge is 0.490 e. The quantitative estimate of drug-likeness (QED) is 0.479. The smallest absolute Gasteiger partial charge is 0.337 e. The molecule has 1 N–H and O–H groups in total. The first-order valence-corrected chi connectivity index (χ1v) is 8.70. The van der Waals surface area contributed by atoms with Crippen molar-refractivity contribution in [3.8, 4) is 5.75 Å². The Morgan fingerprint density at radius 2 is 2.24 bits per heavy atom. The molecule has 5 nitrogen and oxygen atoms in total. The normalized spacial score (nSPS) is 20.2. The number of thiocarbonyl (C=S) groups is 1. The van der Waals surface area contributed by atoms with Crippen LogP contribution in [0.5, 0.6) is 5.75 Å². The SMILES string of the molecule is C=CCOc1cccc([C@@H]2NC(=S)N(C3CC3)C(C)=C2C(=O)OC)c1. The summed E-state index contributed by atoms with van der Waals surface area (Å²) in [7, 11) is 1.40. The van der Waals surface area contributed by atoms with E-state index in [2.05, 4.69) is 11.9 Å². The van der Waals surface area contributed by atoms with E-state index in [0.29, 0.717) is 23.3 Å². The zero-order valence-electron chi connectivity index (χ0n) is 14.5. The lowest BCUT2D eigenvalue weighted by Gasteiger charge is -2.37. The van der Waals surface area contributed by atoms with Gasteiger partial charge >= 0.3 is 5.97 Å². The van der Waals surface area contributed by atoms with E-state index in [1.165, 1.54) is 7.11 Å². The number of nitrogens with one attached hydrogen (secondary N) is 1. The monoisotopic (exact) mass is 358 g/mol. The van der Waals surface area contributed by atoms with Crippen molar-refractivity contribution in [2.75, 3.05) is 13.7 Å². The van der Waals surface area contributed by atoms with Crippen molar-refractivity contribution < 1.29 is 14.3 Å². The number of methoxy groups -OCH3 is 1. The number of ether oxygens (including phenoxy) is 2. The summed E-state index contributed by atoms with van der Waals surface area (Å²) < 4.78 is 10.6. The zero-order chi connectivity index (χ0) is 18.0. The molecule has 0 bridgehead atoms. The van der Waals surface area contributed by atoms with Gasteiger partial charge in [-0.15, -0.1) is 0 Å². The topological polar surface area (TPSA) is 50.8 Å². The molecule has 1 aliphatic carbocycles. The Bertz CT molecular complexity index is 740. The third kappa shape index (κ3) is 3.54. The molecular weight excluding hydrogens is 336 g/mol. The molecule has 6 heteroatoms. The predicted molar refractivity (Wildman–Crippen MR) is 100 cm³/mol. The third-order valence-electron chi connectivity index (χ3n) is 4.40. The summed E-state index contributed by atoms with van der Waals surface area (Å²) in [6.45, 7) is 6.01. The molecule has 25 heavy (non-hydrogen) atoms. The van der Waals surface area contributed by atoms with Gasteiger partial charge in [-0.05, 0) is 49.7 Å². The van der Waals surface area contributed by atoms with Crippen LogP contribution in [0.4, 0.5) is 0 Å². The second kappa shape index (κ2) is 7.27. The van der Waals surface area contributed by atoms with Crippen LogP contribution < -0.4 is 10.1 Å². The van der Waals surface area contributed by atoms with Gasteiger partial charge in [0.25, 0.3) is 0 Å². The van der Waals surface area contributed by atoms with Gasteiger partial charge in [0.05, 0.1) is 18.7 Å². The molecule has 1 aromatic carbocycles. The first kappa shape index (κ1) is 17.5. The zero-order valence-corrected chi connectivity index (χ0v) is 15.3. The highest BCUT2D eigenvalue weighted by Gasteiger charge is 2.40. The fraction of sp³-hybridized carbons (Fsp3) is 0.368. The maximum absolute atomic E-state index is 12.5. The molecule has 2 aliphatic rings. The van der Waals surface area contributed by atoms with Gasteiger partial charge in [-0.1, -0.05) is 24.8 Å². The fourth-order valence-corrected chi connectivity index (χ4v) is 3.50. The van der Waals surface area contributed by atoms with Crippen molar-refractivity contribution in [3.63, 3.8) is 0 Å². The van der Waals surface area contributed by atoms with Gasteiger partial charge in [0.15, 0.2) is 5.11 Å². The van der Waals surface area contributed by atoms with Gasteiger partial charge in [-0.25, -0.2) is 4.79 Å². The molecule has 1 saturated carbocycles. The summed E-state index contributed by atoms with van der Waals surface area (Å²) in [5.41, 5.74) is 2.35. The minimum Gasteiger partial charge on any atom is -0.490 e. The van der Waals surface area contributed by atoms with Gasteiger partial charge in [0.2, 0.25) is 0 Å². The van der Waals surface area contributed by atoms with Gasteiger partial charge in [0, 0.05) is 11.7 Å². The second-order valence-electron chi connectivity index (χ2n) is 6.15. The molecular formula is C19H22N2O3S. The average Bonchev–Trinajstić information content (AvgIpc) is 3.44. The van der Waals surface area contributed by atoms with Crippen LogP contribution >= 0.6 is 12.2 Å². The standard InChI is InChI=1S/C19H22N2O3S/c1-4-10-24-15-7-5-6-13(11-15)17-16(18(22)23-3)12(2)21(14-8-9-14)19(25)20-17/h4-7,11,14,17H,1,8-10H2,2-3H3,(H,20,25)/t17-/m0/s1. The van der Waals surface area contributed by atoms with E-state index in [1.54, 1.807) is 6.08 Å². The molecule has 3 rings (SSSR count). The second-order valence-corrected chi connectivity index (χ2v) is 6.53. The maximum atomic E-state index is 12.5. The van der Waals surface area contributed by atoms with Crippen LogP contribution in [-0.4, -0.2) is 35.7 Å². The lowest BCUT2D eigenvalue weighted by atomic mass is 9.94. The highest BCUT2D eigenvalue weighted by Crippen LogP contribution is 2.38. The van der Waals surface area contributed by atoms with E-state index in [9.17, 15) is 4.79 Å². The minimum atomic E-state index is -0.359. The minimum absolute atomic E-state index is 0.347. The Morgan fingerprint density at radius 1 is 1.48 bits per heavy atom. The van der Waals surface area contributed by atoms with E-state index in [-0.39, 0.29) is 12.0 Å². The van der Waals surface area contributed by atoms with Crippen LogP contribution in [0.2, 0.25) is 0 Å². The molecule has 0 unspecified atom stereocenters. The number of carbonyl (C=O) groups excluding carboxylic acids is 1. The van der Waals surface area contributed by atoms with Crippen molar-refractivity contribution in [1.82, 2.24) is 10.2 Å². The summed E-state index contributed by atoms with van der Waals surface area (Å²) in [4.78, 5) is 14.5. The van der Waals surface area contributed by atoms with Crippen molar-refractivity contribution >= 4 is 23.3 Å². The number of benzene rings is 1. The molecule has 132 valence electrons. The summed E-state index contributed by atoms with van der Waals surface area (Å²) in [6, 6.07) is 7.65. The van der Waals surface area contributed by atoms with Crippen molar-refractivity contribution in [3.05, 3.63) is 53.8 Å². The van der Waals surface area contributed by atoms with Crippen LogP contribution in [0, 0.1) is 0 Å². The molecule has 1 aliphatic heterocycles. The Labute approximate surface area is 153 Å². The van der Waals surface area contributed by atoms with Crippen LogP contribution in [0.3, 0.4) is 0 Å². The van der Waals surface area contributed by atoms with Crippen molar-refractivity contribution in [2.45, 2.75) is 31.8 Å². The van der Waals surface area contributed by atoms with Crippen molar-refractivity contribution in [1.29, 1.82) is 0 Å². The van der Waals surface area contributed by atoms with E-state index >= 15 is 0 Å². The van der Waals surface area contributed by atoms with Gasteiger partial charge in [-0.2, -0.15) is 0 Å². The van der Waals surface area contributed by atoms with E-state index in [4.69, 9.17) is 21.7 Å². The van der Waals surface area contributed by atoms with Crippen LogP contribution in [0.25, 0.3) is 0 Å². The van der Waals surface area contributed by atoms with Gasteiger partial charge in [-0.3, -0.25) is 0 Å². The summed E-state index contributed by atoms with van der Waals surface area (Å²) in [6.07, 6.45) is 3.87.